The number of esters is 1. The van der Waals surface area contributed by atoms with E-state index in [2.05, 4.69) is 32.6 Å². The Balaban J connectivity index is 1.44. The molecule has 7 rings (SSSR count). The number of carbonyl (C=O) groups excluding carboxylic acids is 3. The number of carbonyl (C=O) groups is 3. The monoisotopic (exact) mass is 497 g/mol. The van der Waals surface area contributed by atoms with Crippen LogP contribution in [0, 0.1) is 39.9 Å². The predicted octanol–water partition coefficient (Wildman–Crippen LogP) is 3.38. The van der Waals surface area contributed by atoms with Crippen LogP contribution in [0.3, 0.4) is 0 Å². The zero-order valence-corrected chi connectivity index (χ0v) is 22.1. The molecular weight excluding hydrogens is 458 g/mol. The number of nitrogens with zero attached hydrogens (tertiary/aromatic N) is 1. The summed E-state index contributed by atoms with van der Waals surface area (Å²) in [5, 5.41) is 10.9. The van der Waals surface area contributed by atoms with Crippen molar-refractivity contribution in [2.24, 2.45) is 39.9 Å². The molecule has 11 atom stereocenters. The molecule has 7 aliphatic rings. The highest BCUT2D eigenvalue weighted by Gasteiger charge is 2.82. The van der Waals surface area contributed by atoms with Crippen LogP contribution in [-0.4, -0.2) is 57.7 Å². The van der Waals surface area contributed by atoms with Gasteiger partial charge in [-0.25, -0.2) is 4.90 Å². The first-order valence-corrected chi connectivity index (χ1v) is 13.9. The van der Waals surface area contributed by atoms with Crippen LogP contribution in [0.15, 0.2) is 11.6 Å². The molecule has 6 fully saturated rings. The van der Waals surface area contributed by atoms with Crippen molar-refractivity contribution in [1.29, 1.82) is 0 Å². The molecular formula is C29H39NO6. The number of ketones is 2. The van der Waals surface area contributed by atoms with Crippen molar-refractivity contribution in [3.63, 3.8) is 0 Å². The number of rotatable bonds is 0. The number of fused-ring (bicyclic) bond motifs is 5. The van der Waals surface area contributed by atoms with Gasteiger partial charge in [-0.15, -0.1) is 0 Å². The highest BCUT2D eigenvalue weighted by Crippen LogP contribution is 2.77. The fourth-order valence-electron chi connectivity index (χ4n) is 10.9. The normalized spacial score (nSPS) is 57.7. The van der Waals surface area contributed by atoms with Crippen molar-refractivity contribution in [3.8, 4) is 0 Å². The standard InChI is InChI=1S/C29H39NO6/c1-15-8-18-17(19(31)9-15)10-20(32)24-25(18,3)14-29-27(5,26(24,4)12-22(33)36-29)6-7-28-11-16(2)23(34)21(35-28)13-30(28)29/h9,16-18,21,23-24,34H,6-8,10-14H2,1-5H3/t16-,17+,18?,21+,23-,24+,25+,26+,27+,28?,29-/m1/s1. The predicted molar refractivity (Wildman–Crippen MR) is 129 cm³/mol. The third-order valence-electron chi connectivity index (χ3n) is 12.5. The zero-order valence-electron chi connectivity index (χ0n) is 22.1. The number of Topliss-reactive ketones (excluding diaryl/α,β-unsaturated/α-hetero) is 1. The quantitative estimate of drug-likeness (QED) is 0.513. The summed E-state index contributed by atoms with van der Waals surface area (Å²) >= 11 is 0. The van der Waals surface area contributed by atoms with Crippen LogP contribution in [0.25, 0.3) is 0 Å². The first-order chi connectivity index (χ1) is 16.8. The number of ether oxygens (including phenoxy) is 2. The van der Waals surface area contributed by atoms with Gasteiger partial charge in [-0.1, -0.05) is 33.3 Å². The lowest BCUT2D eigenvalue weighted by Gasteiger charge is -2.76. The Labute approximate surface area is 212 Å². The summed E-state index contributed by atoms with van der Waals surface area (Å²) in [5.74, 6) is -0.471. The molecule has 0 aromatic heterocycles. The minimum atomic E-state index is -0.931. The summed E-state index contributed by atoms with van der Waals surface area (Å²) in [4.78, 5) is 43.0. The van der Waals surface area contributed by atoms with Gasteiger partial charge in [0.15, 0.2) is 11.5 Å². The van der Waals surface area contributed by atoms with Crippen LogP contribution in [0.2, 0.25) is 0 Å². The number of hydrogen-bond acceptors (Lipinski definition) is 7. The molecule has 36 heavy (non-hydrogen) atoms. The maximum Gasteiger partial charge on any atom is 0.308 e. The minimum Gasteiger partial charge on any atom is -0.443 e. The first-order valence-electron chi connectivity index (χ1n) is 13.9. The highest BCUT2D eigenvalue weighted by molar-refractivity contribution is 5.99. The smallest absolute Gasteiger partial charge is 0.308 e. The molecule has 3 aliphatic carbocycles. The maximum atomic E-state index is 14.0. The van der Waals surface area contributed by atoms with Crippen LogP contribution >= 0.6 is 0 Å². The maximum absolute atomic E-state index is 14.0. The van der Waals surface area contributed by atoms with E-state index in [0.29, 0.717) is 19.4 Å². The Kier molecular flexibility index (Phi) is 4.38. The highest BCUT2D eigenvalue weighted by atomic mass is 16.6. The number of aliphatic hydroxyl groups is 1. The third kappa shape index (κ3) is 2.40. The van der Waals surface area contributed by atoms with E-state index in [1.54, 1.807) is 6.08 Å². The van der Waals surface area contributed by atoms with Crippen molar-refractivity contribution >= 4 is 17.5 Å². The van der Waals surface area contributed by atoms with Crippen molar-refractivity contribution in [3.05, 3.63) is 11.6 Å². The molecule has 4 aliphatic heterocycles. The second-order valence-corrected chi connectivity index (χ2v) is 14.2. The summed E-state index contributed by atoms with van der Waals surface area (Å²) in [6.07, 6.45) is 5.00. The Morgan fingerprint density at radius 3 is 2.61 bits per heavy atom. The van der Waals surface area contributed by atoms with E-state index >= 15 is 0 Å². The largest absolute Gasteiger partial charge is 0.443 e. The van der Waals surface area contributed by atoms with E-state index in [1.807, 2.05) is 6.92 Å². The van der Waals surface area contributed by atoms with E-state index < -0.39 is 33.8 Å². The molecule has 0 radical (unpaired) electrons. The number of aliphatic hydroxyl groups excluding tert-OH is 1. The van der Waals surface area contributed by atoms with E-state index in [-0.39, 0.29) is 60.2 Å². The SMILES string of the molecule is CC1=CC(=O)[C@H]2CC(=O)[C@H]3[C@@](C)(C[C@@]45OC(=O)C[C@]3(C)[C@]4(C)CCC34C[C@@H](C)[C@@H](O)[C@H](CN35)O4)C2C1. The number of hydrogen-bond donors (Lipinski definition) is 1. The Morgan fingerprint density at radius 2 is 1.86 bits per heavy atom. The number of allylic oxidation sites excluding steroid dienone is 2. The van der Waals surface area contributed by atoms with Crippen molar-refractivity contribution in [2.75, 3.05) is 6.54 Å². The fourth-order valence-corrected chi connectivity index (χ4v) is 10.9. The molecule has 7 heteroatoms. The van der Waals surface area contributed by atoms with E-state index in [4.69, 9.17) is 9.47 Å². The number of piperidine rings is 1. The topological polar surface area (TPSA) is 93.1 Å². The lowest BCUT2D eigenvalue weighted by Crippen LogP contribution is -2.82. The molecule has 4 heterocycles. The second-order valence-electron chi connectivity index (χ2n) is 14.2. The van der Waals surface area contributed by atoms with E-state index in [9.17, 15) is 19.5 Å². The zero-order chi connectivity index (χ0) is 25.6. The van der Waals surface area contributed by atoms with Crippen LogP contribution in [0.5, 0.6) is 0 Å². The van der Waals surface area contributed by atoms with Crippen molar-refractivity contribution < 1.29 is 29.0 Å². The lowest BCUT2D eigenvalue weighted by molar-refractivity contribution is -0.380. The lowest BCUT2D eigenvalue weighted by atomic mass is 9.34. The minimum absolute atomic E-state index is 0.0422. The molecule has 0 amide bonds. The van der Waals surface area contributed by atoms with E-state index in [0.717, 1.165) is 24.8 Å². The van der Waals surface area contributed by atoms with Gasteiger partial charge >= 0.3 is 5.97 Å². The summed E-state index contributed by atoms with van der Waals surface area (Å²) in [6, 6.07) is 0. The van der Waals surface area contributed by atoms with Gasteiger partial charge < -0.3 is 14.6 Å². The summed E-state index contributed by atoms with van der Waals surface area (Å²) < 4.78 is 13.2. The van der Waals surface area contributed by atoms with Gasteiger partial charge in [0.2, 0.25) is 0 Å². The second kappa shape index (κ2) is 6.70. The molecule has 196 valence electrons. The molecule has 4 saturated heterocycles. The van der Waals surface area contributed by atoms with Crippen LogP contribution in [0.1, 0.15) is 79.6 Å². The van der Waals surface area contributed by atoms with Crippen molar-refractivity contribution in [2.45, 2.75) is 103 Å². The summed E-state index contributed by atoms with van der Waals surface area (Å²) in [7, 11) is 0. The van der Waals surface area contributed by atoms with Crippen molar-refractivity contribution in [1.82, 2.24) is 4.90 Å². The van der Waals surface area contributed by atoms with Crippen LogP contribution in [-0.2, 0) is 23.9 Å². The Bertz CT molecular complexity index is 1130. The first kappa shape index (κ1) is 23.5. The van der Waals surface area contributed by atoms with Gasteiger partial charge in [-0.2, -0.15) is 0 Å². The van der Waals surface area contributed by atoms with Gasteiger partial charge in [0.25, 0.3) is 0 Å². The van der Waals surface area contributed by atoms with Gasteiger partial charge in [0.1, 0.15) is 11.5 Å². The average molecular weight is 498 g/mol. The summed E-state index contributed by atoms with van der Waals surface area (Å²) in [5.41, 5.74) is -1.94. The van der Waals surface area contributed by atoms with Gasteiger partial charge in [-0.05, 0) is 61.3 Å². The molecule has 2 saturated carbocycles. The molecule has 1 spiro atoms. The van der Waals surface area contributed by atoms with Crippen LogP contribution < -0.4 is 0 Å². The summed E-state index contributed by atoms with van der Waals surface area (Å²) in [6.45, 7) is 11.2. The molecule has 4 bridgehead atoms. The average Bonchev–Trinajstić information content (AvgIpc) is 3.11. The molecule has 2 unspecified atom stereocenters. The van der Waals surface area contributed by atoms with Gasteiger partial charge in [-0.3, -0.25) is 14.4 Å². The molecule has 0 aromatic rings. The van der Waals surface area contributed by atoms with Crippen LogP contribution in [0.4, 0.5) is 0 Å². The molecule has 7 nitrogen and oxygen atoms in total. The van der Waals surface area contributed by atoms with E-state index in [1.165, 1.54) is 0 Å². The fraction of sp³-hybridized carbons (Fsp3) is 0.828. The Morgan fingerprint density at radius 1 is 1.11 bits per heavy atom. The molecule has 1 N–H and O–H groups in total. The third-order valence-corrected chi connectivity index (χ3v) is 12.5. The molecule has 0 aromatic carbocycles. The van der Waals surface area contributed by atoms with Gasteiger partial charge in [0.05, 0.1) is 18.6 Å². The Hall–Kier alpha value is -1.57. The van der Waals surface area contributed by atoms with Gasteiger partial charge in [0, 0.05) is 36.6 Å².